The van der Waals surface area contributed by atoms with E-state index in [4.69, 9.17) is 10.5 Å². The van der Waals surface area contributed by atoms with Crippen molar-refractivity contribution < 1.29 is 9.53 Å². The molecule has 2 fully saturated rings. The number of nitrogens with two attached hydrogens (primary N) is 1. The first-order valence-corrected chi connectivity index (χ1v) is 8.55. The summed E-state index contributed by atoms with van der Waals surface area (Å²) in [5.41, 5.74) is 7.46. The molecule has 0 spiro atoms. The second-order valence-electron chi connectivity index (χ2n) is 6.45. The van der Waals surface area contributed by atoms with E-state index < -0.39 is 0 Å². The van der Waals surface area contributed by atoms with Gasteiger partial charge in [0.05, 0.1) is 18.3 Å². The van der Waals surface area contributed by atoms with Gasteiger partial charge in [-0.15, -0.1) is 0 Å². The molecule has 132 valence electrons. The van der Waals surface area contributed by atoms with Crippen molar-refractivity contribution in [1.82, 2.24) is 20.2 Å². The van der Waals surface area contributed by atoms with Gasteiger partial charge in [-0.05, 0) is 18.9 Å². The van der Waals surface area contributed by atoms with Crippen molar-refractivity contribution in [3.05, 3.63) is 18.5 Å². The van der Waals surface area contributed by atoms with Gasteiger partial charge in [0.15, 0.2) is 0 Å². The molecule has 0 aliphatic carbocycles. The van der Waals surface area contributed by atoms with Crippen LogP contribution in [0.5, 0.6) is 5.75 Å². The molecule has 0 bridgehead atoms. The van der Waals surface area contributed by atoms with Gasteiger partial charge in [0.1, 0.15) is 17.9 Å². The smallest absolute Gasteiger partial charge is 0.317 e. The average Bonchev–Trinajstić information content (AvgIpc) is 3.07. The number of ether oxygens (including phenoxy) is 1. The molecule has 2 aromatic rings. The highest BCUT2D eigenvalue weighted by molar-refractivity contribution is 5.93. The minimum Gasteiger partial charge on any atom is -0.495 e. The Morgan fingerprint density at radius 1 is 1.24 bits per heavy atom. The quantitative estimate of drug-likeness (QED) is 0.814. The molecule has 0 radical (unpaired) electrons. The number of nitrogen functional groups attached to an aromatic ring is 1. The predicted octanol–water partition coefficient (Wildman–Crippen LogP) is 1.21. The van der Waals surface area contributed by atoms with E-state index in [-0.39, 0.29) is 6.03 Å². The summed E-state index contributed by atoms with van der Waals surface area (Å²) < 4.78 is 5.28. The molecule has 25 heavy (non-hydrogen) atoms. The highest BCUT2D eigenvalue weighted by Gasteiger charge is 2.31. The maximum atomic E-state index is 11.9. The van der Waals surface area contributed by atoms with Crippen LogP contribution in [0.1, 0.15) is 12.8 Å². The summed E-state index contributed by atoms with van der Waals surface area (Å²) in [5, 5.41) is 3.81. The van der Waals surface area contributed by atoms with E-state index in [1.807, 2.05) is 17.0 Å². The van der Waals surface area contributed by atoms with Crippen LogP contribution in [0.3, 0.4) is 0 Å². The number of carbonyl (C=O) groups is 1. The first kappa shape index (κ1) is 15.7. The SMILES string of the molecule is COc1cc2ncnc(N3CCC(N4CCNC4=O)CC3)c2cc1N. The first-order valence-electron chi connectivity index (χ1n) is 8.55. The summed E-state index contributed by atoms with van der Waals surface area (Å²) in [4.78, 5) is 24.9. The Labute approximate surface area is 146 Å². The van der Waals surface area contributed by atoms with Crippen LogP contribution < -0.4 is 20.7 Å². The van der Waals surface area contributed by atoms with Crippen molar-refractivity contribution in [3.8, 4) is 5.75 Å². The number of carbonyl (C=O) groups excluding carboxylic acids is 1. The summed E-state index contributed by atoms with van der Waals surface area (Å²) in [6.45, 7) is 3.26. The number of rotatable bonds is 3. The van der Waals surface area contributed by atoms with Crippen molar-refractivity contribution in [2.45, 2.75) is 18.9 Å². The number of anilines is 2. The van der Waals surface area contributed by atoms with Crippen LogP contribution in [-0.2, 0) is 0 Å². The van der Waals surface area contributed by atoms with Gasteiger partial charge in [0, 0.05) is 43.7 Å². The largest absolute Gasteiger partial charge is 0.495 e. The third kappa shape index (κ3) is 2.77. The van der Waals surface area contributed by atoms with Gasteiger partial charge < -0.3 is 25.6 Å². The topological polar surface area (TPSA) is 96.6 Å². The number of nitrogens with one attached hydrogen (secondary N) is 1. The minimum absolute atomic E-state index is 0.0609. The lowest BCUT2D eigenvalue weighted by Crippen LogP contribution is -2.46. The number of urea groups is 1. The predicted molar refractivity (Wildman–Crippen MR) is 95.8 cm³/mol. The summed E-state index contributed by atoms with van der Waals surface area (Å²) in [6.07, 6.45) is 3.45. The molecule has 2 aliphatic heterocycles. The highest BCUT2D eigenvalue weighted by Crippen LogP contribution is 2.32. The van der Waals surface area contributed by atoms with Gasteiger partial charge >= 0.3 is 6.03 Å². The molecule has 2 saturated heterocycles. The molecule has 0 atom stereocenters. The maximum Gasteiger partial charge on any atom is 0.317 e. The number of hydrogen-bond donors (Lipinski definition) is 2. The molecule has 1 aromatic heterocycles. The van der Waals surface area contributed by atoms with Crippen LogP contribution in [0.25, 0.3) is 10.9 Å². The molecule has 2 aliphatic rings. The van der Waals surface area contributed by atoms with Gasteiger partial charge in [-0.2, -0.15) is 0 Å². The average molecular weight is 342 g/mol. The summed E-state index contributed by atoms with van der Waals surface area (Å²) in [7, 11) is 1.60. The highest BCUT2D eigenvalue weighted by atomic mass is 16.5. The fourth-order valence-electron chi connectivity index (χ4n) is 3.74. The normalized spacial score (nSPS) is 18.7. The summed E-state index contributed by atoms with van der Waals surface area (Å²) in [6, 6.07) is 4.09. The molecule has 3 N–H and O–H groups in total. The van der Waals surface area contributed by atoms with E-state index >= 15 is 0 Å². The Morgan fingerprint density at radius 2 is 2.04 bits per heavy atom. The van der Waals surface area contributed by atoms with E-state index in [0.29, 0.717) is 17.5 Å². The van der Waals surface area contributed by atoms with Crippen LogP contribution >= 0.6 is 0 Å². The van der Waals surface area contributed by atoms with Crippen molar-refractivity contribution in [3.63, 3.8) is 0 Å². The molecule has 0 unspecified atom stereocenters. The Balaban J connectivity index is 1.57. The number of hydrogen-bond acceptors (Lipinski definition) is 6. The van der Waals surface area contributed by atoms with Gasteiger partial charge in [-0.1, -0.05) is 0 Å². The van der Waals surface area contributed by atoms with Crippen molar-refractivity contribution in [1.29, 1.82) is 0 Å². The zero-order chi connectivity index (χ0) is 17.4. The van der Waals surface area contributed by atoms with Crippen LogP contribution in [0.4, 0.5) is 16.3 Å². The Hall–Kier alpha value is -2.77. The van der Waals surface area contributed by atoms with Gasteiger partial charge in [0.25, 0.3) is 0 Å². The van der Waals surface area contributed by atoms with E-state index in [1.165, 1.54) is 0 Å². The van der Waals surface area contributed by atoms with Gasteiger partial charge in [-0.3, -0.25) is 0 Å². The van der Waals surface area contributed by atoms with Crippen molar-refractivity contribution in [2.24, 2.45) is 0 Å². The number of benzene rings is 1. The monoisotopic (exact) mass is 342 g/mol. The van der Waals surface area contributed by atoms with Crippen LogP contribution in [0.15, 0.2) is 18.5 Å². The molecular formula is C17H22N6O2. The fourth-order valence-corrected chi connectivity index (χ4v) is 3.74. The number of nitrogens with zero attached hydrogens (tertiary/aromatic N) is 4. The number of aromatic nitrogens is 2. The standard InChI is InChI=1S/C17H22N6O2/c1-25-15-9-14-12(8-13(15)18)16(21-10-20-14)22-5-2-11(3-6-22)23-7-4-19-17(23)24/h8-11H,2-7,18H2,1H3,(H,19,24). The molecule has 8 nitrogen and oxygen atoms in total. The molecule has 3 heterocycles. The van der Waals surface area contributed by atoms with Gasteiger partial charge in [0.2, 0.25) is 0 Å². The molecular weight excluding hydrogens is 320 g/mol. The molecule has 1 aromatic carbocycles. The fraction of sp³-hybridized carbons (Fsp3) is 0.471. The second kappa shape index (κ2) is 6.27. The van der Waals surface area contributed by atoms with E-state index in [9.17, 15) is 4.79 Å². The zero-order valence-corrected chi connectivity index (χ0v) is 14.2. The summed E-state index contributed by atoms with van der Waals surface area (Å²) >= 11 is 0. The minimum atomic E-state index is 0.0609. The van der Waals surface area contributed by atoms with Crippen LogP contribution in [0, 0.1) is 0 Å². The van der Waals surface area contributed by atoms with Crippen LogP contribution in [0.2, 0.25) is 0 Å². The molecule has 8 heteroatoms. The maximum absolute atomic E-state index is 11.9. The number of methoxy groups -OCH3 is 1. The van der Waals surface area contributed by atoms with E-state index in [1.54, 1.807) is 13.4 Å². The molecule has 0 saturated carbocycles. The summed E-state index contributed by atoms with van der Waals surface area (Å²) in [5.74, 6) is 1.51. The molecule has 2 amide bonds. The van der Waals surface area contributed by atoms with Crippen molar-refractivity contribution in [2.75, 3.05) is 43.9 Å². The lowest BCUT2D eigenvalue weighted by molar-refractivity contribution is 0.186. The first-order chi connectivity index (χ1) is 12.2. The van der Waals surface area contributed by atoms with E-state index in [2.05, 4.69) is 20.2 Å². The Kier molecular flexibility index (Phi) is 3.95. The third-order valence-electron chi connectivity index (χ3n) is 5.06. The number of fused-ring (bicyclic) bond motifs is 1. The second-order valence-corrected chi connectivity index (χ2v) is 6.45. The van der Waals surface area contributed by atoms with E-state index in [0.717, 1.165) is 55.7 Å². The third-order valence-corrected chi connectivity index (χ3v) is 5.06. The molecule has 4 rings (SSSR count). The van der Waals surface area contributed by atoms with Crippen molar-refractivity contribution >= 4 is 28.4 Å². The zero-order valence-electron chi connectivity index (χ0n) is 14.2. The lowest BCUT2D eigenvalue weighted by Gasteiger charge is -2.37. The number of piperidine rings is 1. The van der Waals surface area contributed by atoms with Crippen LogP contribution in [-0.4, -0.2) is 60.2 Å². The van der Waals surface area contributed by atoms with Gasteiger partial charge in [-0.25, -0.2) is 14.8 Å². The Morgan fingerprint density at radius 3 is 2.72 bits per heavy atom. The Bertz CT molecular complexity index is 803. The number of amides is 2. The lowest BCUT2D eigenvalue weighted by atomic mass is 10.0.